The van der Waals surface area contributed by atoms with Gasteiger partial charge < -0.3 is 4.57 Å². The zero-order chi connectivity index (χ0) is 22.1. The topological polar surface area (TPSA) is 103 Å². The standard InChI is InChI=1S/C20H19ClN2O5S2/c1-23-13-16(22-20(23)14-7-3-5-9-18(14)29(2,25)26)17(24)11-12-30(27,28)19-10-6-4-8-15(19)21/h3-10,13H,11-12H2,1-2H3. The third-order valence-electron chi connectivity index (χ3n) is 4.46. The molecule has 0 radical (unpaired) electrons. The number of sulfone groups is 2. The summed E-state index contributed by atoms with van der Waals surface area (Å²) in [5, 5.41) is 0.0995. The highest BCUT2D eigenvalue weighted by atomic mass is 35.5. The van der Waals surface area contributed by atoms with Crippen LogP contribution in [0.15, 0.2) is 64.5 Å². The quantitative estimate of drug-likeness (QED) is 0.495. The number of carbonyl (C=O) groups is 1. The maximum Gasteiger partial charge on any atom is 0.183 e. The van der Waals surface area contributed by atoms with Crippen LogP contribution in [-0.4, -0.2) is 44.2 Å². The van der Waals surface area contributed by atoms with Gasteiger partial charge in [0.1, 0.15) is 11.5 Å². The number of aryl methyl sites for hydroxylation is 1. The van der Waals surface area contributed by atoms with Crippen LogP contribution in [-0.2, 0) is 26.7 Å². The fourth-order valence-corrected chi connectivity index (χ4v) is 5.69. The van der Waals surface area contributed by atoms with Crippen molar-refractivity contribution in [1.29, 1.82) is 0 Å². The Hall–Kier alpha value is -2.49. The van der Waals surface area contributed by atoms with Crippen molar-refractivity contribution in [3.63, 3.8) is 0 Å². The van der Waals surface area contributed by atoms with Gasteiger partial charge in [0.15, 0.2) is 25.5 Å². The van der Waals surface area contributed by atoms with Crippen molar-refractivity contribution < 1.29 is 21.6 Å². The third kappa shape index (κ3) is 4.63. The van der Waals surface area contributed by atoms with E-state index < -0.39 is 31.2 Å². The summed E-state index contributed by atoms with van der Waals surface area (Å²) in [5.41, 5.74) is 0.426. The SMILES string of the molecule is Cn1cc(C(=O)CCS(=O)(=O)c2ccccc2Cl)nc1-c1ccccc1S(C)(=O)=O. The van der Waals surface area contributed by atoms with Crippen molar-refractivity contribution in [1.82, 2.24) is 9.55 Å². The summed E-state index contributed by atoms with van der Waals surface area (Å²) in [6.45, 7) is 0. The molecule has 0 unspecified atom stereocenters. The number of benzene rings is 2. The normalized spacial score (nSPS) is 12.1. The molecule has 2 aromatic carbocycles. The summed E-state index contributed by atoms with van der Waals surface area (Å²) >= 11 is 5.96. The van der Waals surface area contributed by atoms with Crippen molar-refractivity contribution in [2.24, 2.45) is 7.05 Å². The summed E-state index contributed by atoms with van der Waals surface area (Å²) in [6.07, 6.45) is 2.27. The fraction of sp³-hybridized carbons (Fsp3) is 0.200. The van der Waals surface area contributed by atoms with E-state index in [4.69, 9.17) is 11.6 Å². The monoisotopic (exact) mass is 466 g/mol. The summed E-state index contributed by atoms with van der Waals surface area (Å²) in [7, 11) is -5.61. The minimum absolute atomic E-state index is 0.0248. The van der Waals surface area contributed by atoms with E-state index >= 15 is 0 Å². The van der Waals surface area contributed by atoms with E-state index in [0.717, 1.165) is 6.26 Å². The summed E-state index contributed by atoms with van der Waals surface area (Å²) < 4.78 is 50.7. The lowest BCUT2D eigenvalue weighted by molar-refractivity contribution is 0.0984. The molecule has 0 aliphatic rings. The van der Waals surface area contributed by atoms with E-state index in [1.807, 2.05) is 0 Å². The zero-order valence-corrected chi connectivity index (χ0v) is 18.6. The second kappa shape index (κ2) is 8.33. The second-order valence-corrected chi connectivity index (χ2v) is 11.2. The van der Waals surface area contributed by atoms with Crippen LogP contribution < -0.4 is 0 Å². The van der Waals surface area contributed by atoms with Gasteiger partial charge in [-0.1, -0.05) is 35.9 Å². The molecule has 3 aromatic rings. The third-order valence-corrected chi connectivity index (χ3v) is 7.82. The van der Waals surface area contributed by atoms with Crippen LogP contribution in [0.3, 0.4) is 0 Å². The Kier molecular flexibility index (Phi) is 6.16. The molecule has 10 heteroatoms. The maximum atomic E-state index is 12.6. The highest BCUT2D eigenvalue weighted by Gasteiger charge is 2.23. The molecule has 30 heavy (non-hydrogen) atoms. The highest BCUT2D eigenvalue weighted by molar-refractivity contribution is 7.91. The van der Waals surface area contributed by atoms with E-state index in [0.29, 0.717) is 11.4 Å². The molecule has 0 saturated carbocycles. The molecule has 0 spiro atoms. The Bertz CT molecular complexity index is 1330. The minimum atomic E-state index is -3.74. The first kappa shape index (κ1) is 22.2. The summed E-state index contributed by atoms with van der Waals surface area (Å²) in [4.78, 5) is 16.9. The molecule has 0 fully saturated rings. The Labute approximate surface area is 180 Å². The van der Waals surface area contributed by atoms with Gasteiger partial charge in [-0.3, -0.25) is 4.79 Å². The van der Waals surface area contributed by atoms with Crippen LogP contribution in [0.25, 0.3) is 11.4 Å². The van der Waals surface area contributed by atoms with E-state index in [2.05, 4.69) is 4.98 Å². The van der Waals surface area contributed by atoms with Crippen molar-refractivity contribution in [3.05, 3.63) is 65.4 Å². The number of ketones is 1. The Morgan fingerprint density at radius 3 is 2.23 bits per heavy atom. The number of carbonyl (C=O) groups excluding carboxylic acids is 1. The second-order valence-electron chi connectivity index (χ2n) is 6.75. The molecule has 0 saturated heterocycles. The first-order valence-electron chi connectivity index (χ1n) is 8.84. The number of imidazole rings is 1. The number of nitrogens with zero attached hydrogens (tertiary/aromatic N) is 2. The predicted octanol–water partition coefficient (Wildman–Crippen LogP) is 3.19. The lowest BCUT2D eigenvalue weighted by atomic mass is 10.2. The zero-order valence-electron chi connectivity index (χ0n) is 16.2. The van der Waals surface area contributed by atoms with E-state index in [1.165, 1.54) is 24.4 Å². The van der Waals surface area contributed by atoms with Gasteiger partial charge in [-0.2, -0.15) is 0 Å². The maximum absolute atomic E-state index is 12.6. The van der Waals surface area contributed by atoms with Crippen LogP contribution >= 0.6 is 11.6 Å². The van der Waals surface area contributed by atoms with Gasteiger partial charge in [-0.15, -0.1) is 0 Å². The molecule has 0 amide bonds. The molecule has 0 N–H and O–H groups in total. The van der Waals surface area contributed by atoms with E-state index in [9.17, 15) is 21.6 Å². The van der Waals surface area contributed by atoms with Gasteiger partial charge in [0.25, 0.3) is 0 Å². The van der Waals surface area contributed by atoms with Gasteiger partial charge in [0, 0.05) is 31.5 Å². The highest BCUT2D eigenvalue weighted by Crippen LogP contribution is 2.27. The average molecular weight is 467 g/mol. The summed E-state index contributed by atoms with van der Waals surface area (Å²) in [5.74, 6) is -0.584. The molecule has 0 atom stereocenters. The van der Waals surface area contributed by atoms with Crippen LogP contribution in [0.4, 0.5) is 0 Å². The molecule has 7 nitrogen and oxygen atoms in total. The first-order valence-corrected chi connectivity index (χ1v) is 12.8. The minimum Gasteiger partial charge on any atom is -0.333 e. The van der Waals surface area contributed by atoms with Crippen LogP contribution in [0.2, 0.25) is 5.02 Å². The Morgan fingerprint density at radius 1 is 1.00 bits per heavy atom. The number of Topliss-reactive ketones (excluding diaryl/α,β-unsaturated/α-hetero) is 1. The van der Waals surface area contributed by atoms with Crippen LogP contribution in [0.5, 0.6) is 0 Å². The molecule has 1 aromatic heterocycles. The fourth-order valence-electron chi connectivity index (χ4n) is 2.99. The number of hydrogen-bond acceptors (Lipinski definition) is 6. The lowest BCUT2D eigenvalue weighted by Crippen LogP contribution is -2.12. The molecule has 0 bridgehead atoms. The van der Waals surface area contributed by atoms with Gasteiger partial charge in [-0.05, 0) is 24.3 Å². The van der Waals surface area contributed by atoms with Gasteiger partial charge in [-0.25, -0.2) is 21.8 Å². The Morgan fingerprint density at radius 2 is 1.60 bits per heavy atom. The van der Waals surface area contributed by atoms with Crippen LogP contribution in [0, 0.1) is 0 Å². The first-order chi connectivity index (χ1) is 14.0. The van der Waals surface area contributed by atoms with Gasteiger partial charge >= 0.3 is 0 Å². The molecule has 0 aliphatic carbocycles. The van der Waals surface area contributed by atoms with E-state index in [1.54, 1.807) is 41.9 Å². The average Bonchev–Trinajstić information content (AvgIpc) is 3.07. The number of hydrogen-bond donors (Lipinski definition) is 0. The summed E-state index contributed by atoms with van der Waals surface area (Å²) in [6, 6.07) is 12.4. The molecule has 3 rings (SSSR count). The lowest BCUT2D eigenvalue weighted by Gasteiger charge is -2.07. The van der Waals surface area contributed by atoms with Crippen molar-refractivity contribution in [3.8, 4) is 11.4 Å². The smallest absolute Gasteiger partial charge is 0.183 e. The molecule has 1 heterocycles. The largest absolute Gasteiger partial charge is 0.333 e. The van der Waals surface area contributed by atoms with Crippen LogP contribution in [0.1, 0.15) is 16.9 Å². The van der Waals surface area contributed by atoms with Crippen molar-refractivity contribution in [2.75, 3.05) is 12.0 Å². The van der Waals surface area contributed by atoms with E-state index in [-0.39, 0.29) is 26.9 Å². The molecule has 0 aliphatic heterocycles. The Balaban J connectivity index is 1.86. The number of halogens is 1. The number of aromatic nitrogens is 2. The van der Waals surface area contributed by atoms with Gasteiger partial charge in [0.2, 0.25) is 0 Å². The van der Waals surface area contributed by atoms with Crippen molar-refractivity contribution in [2.45, 2.75) is 16.2 Å². The molecular weight excluding hydrogens is 448 g/mol. The predicted molar refractivity (Wildman–Crippen MR) is 114 cm³/mol. The molecule has 158 valence electrons. The molecular formula is C20H19ClN2O5S2. The van der Waals surface area contributed by atoms with Crippen molar-refractivity contribution >= 4 is 37.1 Å². The van der Waals surface area contributed by atoms with Gasteiger partial charge in [0.05, 0.1) is 20.6 Å². The number of rotatable bonds is 7.